The molecule has 0 fully saturated rings. The maximum atomic E-state index is 12.0. The molecule has 0 aliphatic heterocycles. The molecule has 0 unspecified atom stereocenters. The molecule has 2 aromatic rings. The van der Waals surface area contributed by atoms with E-state index in [0.717, 1.165) is 18.2 Å². The number of hydrogen-bond acceptors (Lipinski definition) is 6. The van der Waals surface area contributed by atoms with Crippen LogP contribution in [-0.2, 0) is 16.6 Å². The number of rotatable bonds is 5. The molecule has 0 atom stereocenters. The van der Waals surface area contributed by atoms with Crippen molar-refractivity contribution in [2.75, 3.05) is 5.73 Å². The van der Waals surface area contributed by atoms with Crippen molar-refractivity contribution < 1.29 is 13.3 Å². The number of anilines is 1. The zero-order valence-corrected chi connectivity index (χ0v) is 10.9. The average Bonchev–Trinajstić information content (AvgIpc) is 2.89. The minimum Gasteiger partial charge on any atom is -0.397 e. The second-order valence-corrected chi connectivity index (χ2v) is 5.62. The van der Waals surface area contributed by atoms with Crippen LogP contribution < -0.4 is 10.5 Å². The summed E-state index contributed by atoms with van der Waals surface area (Å²) in [5.74, 6) is 0. The van der Waals surface area contributed by atoms with Crippen molar-refractivity contribution in [3.63, 3.8) is 0 Å². The Kier molecular flexibility index (Phi) is 3.68. The summed E-state index contributed by atoms with van der Waals surface area (Å²) in [5, 5.41) is 10.6. The van der Waals surface area contributed by atoms with Crippen LogP contribution in [0.4, 0.5) is 11.4 Å². The van der Waals surface area contributed by atoms with Gasteiger partial charge in [-0.15, -0.1) is 0 Å². The number of imidazole rings is 1. The van der Waals surface area contributed by atoms with Crippen molar-refractivity contribution in [2.45, 2.75) is 11.4 Å². The summed E-state index contributed by atoms with van der Waals surface area (Å²) in [7, 11) is -3.85. The lowest BCUT2D eigenvalue weighted by molar-refractivity contribution is -0.384. The predicted molar refractivity (Wildman–Crippen MR) is 70.1 cm³/mol. The lowest BCUT2D eigenvalue weighted by Crippen LogP contribution is -2.24. The van der Waals surface area contributed by atoms with Crippen LogP contribution in [0.1, 0.15) is 5.69 Å². The van der Waals surface area contributed by atoms with Crippen LogP contribution in [-0.4, -0.2) is 23.3 Å². The summed E-state index contributed by atoms with van der Waals surface area (Å²) in [6.45, 7) is 0.0127. The molecule has 0 radical (unpaired) electrons. The van der Waals surface area contributed by atoms with E-state index in [1.807, 2.05) is 0 Å². The first-order valence-corrected chi connectivity index (χ1v) is 6.89. The standard InChI is InChI=1S/C10H11N5O4S/c11-9-3-8(15(16)17)1-2-10(9)20(18,19)14-5-7-4-12-6-13-7/h1-4,6,14H,5,11H2,(H,12,13). The minimum atomic E-state index is -3.85. The number of nitro groups is 1. The highest BCUT2D eigenvalue weighted by Gasteiger charge is 2.19. The van der Waals surface area contributed by atoms with E-state index in [4.69, 9.17) is 5.73 Å². The lowest BCUT2D eigenvalue weighted by Gasteiger charge is -2.08. The molecule has 1 heterocycles. The summed E-state index contributed by atoms with van der Waals surface area (Å²) in [4.78, 5) is 16.2. The van der Waals surface area contributed by atoms with Gasteiger partial charge >= 0.3 is 0 Å². The maximum absolute atomic E-state index is 12.0. The number of aromatic nitrogens is 2. The number of nitrogen functional groups attached to an aromatic ring is 1. The van der Waals surface area contributed by atoms with Gasteiger partial charge in [-0.1, -0.05) is 0 Å². The Labute approximate surface area is 114 Å². The van der Waals surface area contributed by atoms with E-state index < -0.39 is 14.9 Å². The molecule has 1 aromatic heterocycles. The SMILES string of the molecule is Nc1cc([N+](=O)[O-])ccc1S(=O)(=O)NCc1cnc[nH]1. The van der Waals surface area contributed by atoms with Crippen LogP contribution in [0.25, 0.3) is 0 Å². The van der Waals surface area contributed by atoms with Gasteiger partial charge in [0, 0.05) is 24.0 Å². The van der Waals surface area contributed by atoms with Crippen LogP contribution in [0.15, 0.2) is 35.6 Å². The Balaban J connectivity index is 2.23. The van der Waals surface area contributed by atoms with Crippen molar-refractivity contribution in [3.05, 3.63) is 46.5 Å². The molecule has 0 aliphatic rings. The third-order valence-corrected chi connectivity index (χ3v) is 3.98. The fourth-order valence-corrected chi connectivity index (χ4v) is 2.64. The van der Waals surface area contributed by atoms with Gasteiger partial charge in [-0.25, -0.2) is 18.1 Å². The van der Waals surface area contributed by atoms with Gasteiger partial charge in [0.2, 0.25) is 10.0 Å². The number of sulfonamides is 1. The first-order chi connectivity index (χ1) is 9.40. The molecule has 0 aliphatic carbocycles. The molecule has 1 aromatic carbocycles. The van der Waals surface area contributed by atoms with E-state index in [-0.39, 0.29) is 22.8 Å². The molecule has 106 valence electrons. The first-order valence-electron chi connectivity index (χ1n) is 5.41. The fourth-order valence-electron chi connectivity index (χ4n) is 1.53. The van der Waals surface area contributed by atoms with E-state index in [0.29, 0.717) is 5.69 Å². The van der Waals surface area contributed by atoms with E-state index in [2.05, 4.69) is 14.7 Å². The number of H-pyrrole nitrogens is 1. The van der Waals surface area contributed by atoms with Crippen LogP contribution in [0.2, 0.25) is 0 Å². The fraction of sp³-hybridized carbons (Fsp3) is 0.100. The first kappa shape index (κ1) is 14.0. The third-order valence-electron chi connectivity index (χ3n) is 2.50. The lowest BCUT2D eigenvalue weighted by atomic mass is 10.3. The number of nitrogens with one attached hydrogen (secondary N) is 2. The van der Waals surface area contributed by atoms with Gasteiger partial charge in [0.15, 0.2) is 0 Å². The van der Waals surface area contributed by atoms with Gasteiger partial charge in [-0.05, 0) is 6.07 Å². The molecule has 10 heteroatoms. The summed E-state index contributed by atoms with van der Waals surface area (Å²) in [5.41, 5.74) is 5.68. The van der Waals surface area contributed by atoms with Gasteiger partial charge in [0.1, 0.15) is 4.90 Å². The largest absolute Gasteiger partial charge is 0.397 e. The van der Waals surface area contributed by atoms with Crippen molar-refractivity contribution in [1.29, 1.82) is 0 Å². The van der Waals surface area contributed by atoms with Gasteiger partial charge in [-0.2, -0.15) is 0 Å². The minimum absolute atomic E-state index is 0.0127. The number of hydrogen-bond donors (Lipinski definition) is 3. The number of aromatic amines is 1. The van der Waals surface area contributed by atoms with E-state index in [1.54, 1.807) is 0 Å². The second-order valence-electron chi connectivity index (χ2n) is 3.88. The molecule has 0 bridgehead atoms. The molecular weight excluding hydrogens is 286 g/mol. The maximum Gasteiger partial charge on any atom is 0.271 e. The second kappa shape index (κ2) is 5.27. The predicted octanol–water partition coefficient (Wildman–Crippen LogP) is 0.379. The Morgan fingerprint density at radius 1 is 1.45 bits per heavy atom. The Morgan fingerprint density at radius 2 is 2.20 bits per heavy atom. The molecule has 0 amide bonds. The zero-order chi connectivity index (χ0) is 14.8. The average molecular weight is 297 g/mol. The van der Waals surface area contributed by atoms with E-state index >= 15 is 0 Å². The van der Waals surface area contributed by atoms with Gasteiger partial charge in [0.25, 0.3) is 5.69 Å². The van der Waals surface area contributed by atoms with Gasteiger partial charge in [-0.3, -0.25) is 10.1 Å². The topological polar surface area (TPSA) is 144 Å². The van der Waals surface area contributed by atoms with Crippen LogP contribution in [0.3, 0.4) is 0 Å². The Morgan fingerprint density at radius 3 is 2.75 bits per heavy atom. The molecule has 4 N–H and O–H groups in total. The highest BCUT2D eigenvalue weighted by molar-refractivity contribution is 7.89. The summed E-state index contributed by atoms with van der Waals surface area (Å²) in [6.07, 6.45) is 2.89. The zero-order valence-electron chi connectivity index (χ0n) is 10.1. The molecule has 20 heavy (non-hydrogen) atoms. The number of nitrogens with two attached hydrogens (primary N) is 1. The van der Waals surface area contributed by atoms with Crippen molar-refractivity contribution >= 4 is 21.4 Å². The molecule has 9 nitrogen and oxygen atoms in total. The smallest absolute Gasteiger partial charge is 0.271 e. The number of non-ortho nitro benzene ring substituents is 1. The Bertz CT molecular complexity index is 726. The highest BCUT2D eigenvalue weighted by Crippen LogP contribution is 2.23. The van der Waals surface area contributed by atoms with Crippen LogP contribution in [0.5, 0.6) is 0 Å². The quantitative estimate of drug-likeness (QED) is 0.413. The van der Waals surface area contributed by atoms with E-state index in [1.165, 1.54) is 12.5 Å². The van der Waals surface area contributed by atoms with Crippen molar-refractivity contribution in [2.24, 2.45) is 0 Å². The number of nitro benzene ring substituents is 1. The molecule has 0 saturated carbocycles. The summed E-state index contributed by atoms with van der Waals surface area (Å²) >= 11 is 0. The monoisotopic (exact) mass is 297 g/mol. The summed E-state index contributed by atoms with van der Waals surface area (Å²) in [6, 6.07) is 3.19. The third kappa shape index (κ3) is 2.92. The van der Waals surface area contributed by atoms with Crippen LogP contribution >= 0.6 is 0 Å². The van der Waals surface area contributed by atoms with Gasteiger partial charge < -0.3 is 10.7 Å². The highest BCUT2D eigenvalue weighted by atomic mass is 32.2. The van der Waals surface area contributed by atoms with Gasteiger partial charge in [0.05, 0.1) is 23.5 Å². The molecular formula is C10H11N5O4S. The number of nitrogens with zero attached hydrogens (tertiary/aromatic N) is 2. The van der Waals surface area contributed by atoms with Crippen molar-refractivity contribution in [3.8, 4) is 0 Å². The normalized spacial score (nSPS) is 11.4. The molecule has 2 rings (SSSR count). The van der Waals surface area contributed by atoms with Crippen LogP contribution in [0, 0.1) is 10.1 Å². The Hall–Kier alpha value is -2.46. The molecule has 0 spiro atoms. The number of benzene rings is 1. The van der Waals surface area contributed by atoms with E-state index in [9.17, 15) is 18.5 Å². The molecule has 0 saturated heterocycles. The van der Waals surface area contributed by atoms with Crippen molar-refractivity contribution in [1.82, 2.24) is 14.7 Å². The summed E-state index contributed by atoms with van der Waals surface area (Å²) < 4.78 is 26.4.